The van der Waals surface area contributed by atoms with Crippen LogP contribution in [0.4, 0.5) is 5.69 Å². The monoisotopic (exact) mass is 443 g/mol. The van der Waals surface area contributed by atoms with E-state index in [0.29, 0.717) is 36.0 Å². The number of aromatic nitrogens is 2. The van der Waals surface area contributed by atoms with Crippen LogP contribution >= 0.6 is 0 Å². The summed E-state index contributed by atoms with van der Waals surface area (Å²) in [6, 6.07) is 20.6. The van der Waals surface area contributed by atoms with Gasteiger partial charge in [-0.25, -0.2) is 4.79 Å². The van der Waals surface area contributed by atoms with Gasteiger partial charge in [0.05, 0.1) is 12.2 Å². The van der Waals surface area contributed by atoms with E-state index in [1.165, 1.54) is 0 Å². The van der Waals surface area contributed by atoms with Crippen molar-refractivity contribution < 1.29 is 18.8 Å². The molecule has 1 aromatic heterocycles. The van der Waals surface area contributed by atoms with Crippen molar-refractivity contribution in [1.29, 1.82) is 0 Å². The molecule has 0 aliphatic rings. The number of aryl methyl sites for hydroxylation is 1. The summed E-state index contributed by atoms with van der Waals surface area (Å²) in [5, 5.41) is 9.04. The normalized spacial score (nSPS) is 10.8. The number of rotatable bonds is 9. The minimum absolute atomic E-state index is 0.182. The van der Waals surface area contributed by atoms with E-state index in [1.807, 2.05) is 49.4 Å². The number of carbonyl (C=O) groups is 2. The Hall–Kier alpha value is -4.00. The third-order valence-corrected chi connectivity index (χ3v) is 5.20. The second kappa shape index (κ2) is 10.5. The Morgan fingerprint density at radius 1 is 1.00 bits per heavy atom. The van der Waals surface area contributed by atoms with Gasteiger partial charge in [-0.15, -0.1) is 0 Å². The SMILES string of the molecule is CCCCOC(=O)c1ccc(NC(=O)CCc2nc(-c3cccc4ccccc34)no2)cc1. The van der Waals surface area contributed by atoms with Crippen molar-refractivity contribution in [3.05, 3.63) is 78.2 Å². The van der Waals surface area contributed by atoms with Gasteiger partial charge in [0.1, 0.15) is 0 Å². The van der Waals surface area contributed by atoms with Crippen molar-refractivity contribution in [2.45, 2.75) is 32.6 Å². The molecule has 7 heteroatoms. The van der Waals surface area contributed by atoms with Gasteiger partial charge >= 0.3 is 5.97 Å². The molecule has 1 amide bonds. The fourth-order valence-electron chi connectivity index (χ4n) is 3.41. The van der Waals surface area contributed by atoms with Crippen LogP contribution in [0.25, 0.3) is 22.2 Å². The van der Waals surface area contributed by atoms with E-state index < -0.39 is 0 Å². The molecule has 0 saturated heterocycles. The predicted molar refractivity (Wildman–Crippen MR) is 126 cm³/mol. The topological polar surface area (TPSA) is 94.3 Å². The molecule has 0 aliphatic carbocycles. The Balaban J connectivity index is 1.32. The molecule has 168 valence electrons. The molecule has 0 saturated carbocycles. The Morgan fingerprint density at radius 3 is 2.61 bits per heavy atom. The summed E-state index contributed by atoms with van der Waals surface area (Å²) in [6.07, 6.45) is 2.32. The molecule has 33 heavy (non-hydrogen) atoms. The molecule has 1 N–H and O–H groups in total. The first kappa shape index (κ1) is 22.2. The van der Waals surface area contributed by atoms with E-state index in [4.69, 9.17) is 9.26 Å². The zero-order valence-corrected chi connectivity index (χ0v) is 18.4. The van der Waals surface area contributed by atoms with Gasteiger partial charge in [-0.3, -0.25) is 4.79 Å². The Labute approximate surface area is 191 Å². The van der Waals surface area contributed by atoms with Crippen molar-refractivity contribution >= 4 is 28.3 Å². The first-order chi connectivity index (χ1) is 16.1. The summed E-state index contributed by atoms with van der Waals surface area (Å²) in [6.45, 7) is 2.44. The third-order valence-electron chi connectivity index (χ3n) is 5.20. The number of esters is 1. The quantitative estimate of drug-likeness (QED) is 0.274. The number of unbranched alkanes of at least 4 members (excludes halogenated alkanes) is 1. The van der Waals surface area contributed by atoms with Crippen LogP contribution in [-0.2, 0) is 16.0 Å². The lowest BCUT2D eigenvalue weighted by atomic mass is 10.0. The van der Waals surface area contributed by atoms with Crippen molar-refractivity contribution in [3.63, 3.8) is 0 Å². The predicted octanol–water partition coefficient (Wildman–Crippen LogP) is 5.42. The number of ether oxygens (including phenoxy) is 1. The van der Waals surface area contributed by atoms with E-state index in [9.17, 15) is 9.59 Å². The summed E-state index contributed by atoms with van der Waals surface area (Å²) in [4.78, 5) is 28.8. The maximum absolute atomic E-state index is 12.3. The Morgan fingerprint density at radius 2 is 1.79 bits per heavy atom. The highest BCUT2D eigenvalue weighted by Crippen LogP contribution is 2.26. The number of nitrogens with one attached hydrogen (secondary N) is 1. The molecular formula is C26H25N3O4. The van der Waals surface area contributed by atoms with Crippen LogP contribution in [0.5, 0.6) is 0 Å². The van der Waals surface area contributed by atoms with Crippen LogP contribution in [0.2, 0.25) is 0 Å². The average Bonchev–Trinajstić information content (AvgIpc) is 3.32. The molecule has 1 heterocycles. The summed E-state index contributed by atoms with van der Waals surface area (Å²) < 4.78 is 10.5. The van der Waals surface area contributed by atoms with E-state index in [-0.39, 0.29) is 18.3 Å². The number of fused-ring (bicyclic) bond motifs is 1. The van der Waals surface area contributed by atoms with Crippen LogP contribution in [0.15, 0.2) is 71.3 Å². The highest BCUT2D eigenvalue weighted by Gasteiger charge is 2.13. The zero-order valence-electron chi connectivity index (χ0n) is 18.4. The van der Waals surface area contributed by atoms with E-state index in [2.05, 4.69) is 15.5 Å². The minimum atomic E-state index is -0.361. The number of amides is 1. The molecule has 0 bridgehead atoms. The maximum atomic E-state index is 12.3. The first-order valence-corrected chi connectivity index (χ1v) is 11.0. The van der Waals surface area contributed by atoms with Crippen molar-refractivity contribution in [2.24, 2.45) is 0 Å². The van der Waals surface area contributed by atoms with Gasteiger partial charge in [-0.2, -0.15) is 4.98 Å². The highest BCUT2D eigenvalue weighted by atomic mass is 16.5. The summed E-state index contributed by atoms with van der Waals surface area (Å²) in [5.41, 5.74) is 1.95. The van der Waals surface area contributed by atoms with Crippen LogP contribution in [0.1, 0.15) is 42.4 Å². The van der Waals surface area contributed by atoms with Crippen LogP contribution in [0, 0.1) is 0 Å². The van der Waals surface area contributed by atoms with Gasteiger partial charge in [0.15, 0.2) is 0 Å². The Bertz CT molecular complexity index is 1240. The number of benzene rings is 3. The van der Waals surface area contributed by atoms with Gasteiger partial charge < -0.3 is 14.6 Å². The van der Waals surface area contributed by atoms with Crippen molar-refractivity contribution in [3.8, 4) is 11.4 Å². The van der Waals surface area contributed by atoms with Crippen LogP contribution < -0.4 is 5.32 Å². The maximum Gasteiger partial charge on any atom is 0.338 e. The molecule has 4 aromatic rings. The third kappa shape index (κ3) is 5.63. The molecule has 3 aromatic carbocycles. The summed E-state index contributed by atoms with van der Waals surface area (Å²) in [7, 11) is 0. The molecular weight excluding hydrogens is 418 g/mol. The molecule has 0 fully saturated rings. The molecule has 0 unspecified atom stereocenters. The molecule has 4 rings (SSSR count). The smallest absolute Gasteiger partial charge is 0.338 e. The van der Waals surface area contributed by atoms with E-state index in [0.717, 1.165) is 29.2 Å². The van der Waals surface area contributed by atoms with Gasteiger partial charge in [0, 0.05) is 24.1 Å². The van der Waals surface area contributed by atoms with Gasteiger partial charge in [-0.1, -0.05) is 61.0 Å². The lowest BCUT2D eigenvalue weighted by Gasteiger charge is -2.06. The lowest BCUT2D eigenvalue weighted by Crippen LogP contribution is -2.13. The fraction of sp³-hybridized carbons (Fsp3) is 0.231. The molecule has 0 aliphatic heterocycles. The molecule has 0 spiro atoms. The lowest BCUT2D eigenvalue weighted by molar-refractivity contribution is -0.116. The first-order valence-electron chi connectivity index (χ1n) is 11.0. The van der Waals surface area contributed by atoms with Crippen LogP contribution in [-0.4, -0.2) is 28.6 Å². The van der Waals surface area contributed by atoms with Crippen molar-refractivity contribution in [1.82, 2.24) is 10.1 Å². The number of hydrogen-bond donors (Lipinski definition) is 1. The molecule has 0 radical (unpaired) electrons. The van der Waals surface area contributed by atoms with Crippen molar-refractivity contribution in [2.75, 3.05) is 11.9 Å². The van der Waals surface area contributed by atoms with Gasteiger partial charge in [-0.05, 0) is 41.5 Å². The van der Waals surface area contributed by atoms with E-state index in [1.54, 1.807) is 24.3 Å². The highest BCUT2D eigenvalue weighted by molar-refractivity contribution is 5.95. The Kier molecular flexibility index (Phi) is 7.09. The second-order valence-corrected chi connectivity index (χ2v) is 7.65. The van der Waals surface area contributed by atoms with Gasteiger partial charge in [0.2, 0.25) is 17.6 Å². The van der Waals surface area contributed by atoms with Crippen LogP contribution in [0.3, 0.4) is 0 Å². The molecule has 7 nitrogen and oxygen atoms in total. The minimum Gasteiger partial charge on any atom is -0.462 e. The number of nitrogens with zero attached hydrogens (tertiary/aromatic N) is 2. The summed E-state index contributed by atoms with van der Waals surface area (Å²) in [5.74, 6) is 0.361. The average molecular weight is 444 g/mol. The largest absolute Gasteiger partial charge is 0.462 e. The number of carbonyl (C=O) groups excluding carboxylic acids is 2. The standard InChI is InChI=1S/C26H25N3O4/c1-2-3-17-32-26(31)19-11-13-20(14-12-19)27-23(30)15-16-24-28-25(29-33-24)22-10-6-8-18-7-4-5-9-21(18)22/h4-14H,2-3,15-17H2,1H3,(H,27,30). The molecule has 0 atom stereocenters. The number of hydrogen-bond acceptors (Lipinski definition) is 6. The van der Waals surface area contributed by atoms with E-state index >= 15 is 0 Å². The second-order valence-electron chi connectivity index (χ2n) is 7.65. The summed E-state index contributed by atoms with van der Waals surface area (Å²) >= 11 is 0. The fourth-order valence-corrected chi connectivity index (χ4v) is 3.41. The van der Waals surface area contributed by atoms with Gasteiger partial charge in [0.25, 0.3) is 0 Å². The number of anilines is 1. The zero-order chi connectivity index (χ0) is 23.0.